The number of hydrogen-bond donors (Lipinski definition) is 0. The molecule has 1 aromatic carbocycles. The van der Waals surface area contributed by atoms with Crippen LogP contribution in [-0.2, 0) is 21.2 Å². The standard InChI is InChI=1S/C14H20N2O3S/c1-12-14(17)15(2)9-10-16(12)20(18,19)11-8-13-6-4-3-5-7-13/h3-7,12H,8-11H2,1-2H3. The van der Waals surface area contributed by atoms with Crippen LogP contribution in [0, 0.1) is 0 Å². The van der Waals surface area contributed by atoms with Gasteiger partial charge in [-0.1, -0.05) is 30.3 Å². The number of piperazine rings is 1. The van der Waals surface area contributed by atoms with Crippen molar-refractivity contribution >= 4 is 15.9 Å². The van der Waals surface area contributed by atoms with E-state index < -0.39 is 16.1 Å². The smallest absolute Gasteiger partial charge is 0.240 e. The van der Waals surface area contributed by atoms with Crippen molar-refractivity contribution in [2.24, 2.45) is 0 Å². The Morgan fingerprint density at radius 2 is 1.85 bits per heavy atom. The fraction of sp³-hybridized carbons (Fsp3) is 0.500. The average Bonchev–Trinajstić information content (AvgIpc) is 2.44. The lowest BCUT2D eigenvalue weighted by Gasteiger charge is -2.36. The van der Waals surface area contributed by atoms with Gasteiger partial charge in [0.1, 0.15) is 6.04 Å². The quantitative estimate of drug-likeness (QED) is 0.823. The highest BCUT2D eigenvalue weighted by Gasteiger charge is 2.36. The van der Waals surface area contributed by atoms with E-state index in [1.807, 2.05) is 30.3 Å². The van der Waals surface area contributed by atoms with Crippen molar-refractivity contribution in [2.45, 2.75) is 19.4 Å². The van der Waals surface area contributed by atoms with Crippen LogP contribution in [0.15, 0.2) is 30.3 Å². The normalized spacial score (nSPS) is 21.2. The number of rotatable bonds is 4. The molecule has 1 aromatic rings. The average molecular weight is 296 g/mol. The van der Waals surface area contributed by atoms with E-state index in [2.05, 4.69) is 0 Å². The molecule has 1 amide bonds. The van der Waals surface area contributed by atoms with Crippen molar-refractivity contribution < 1.29 is 13.2 Å². The Kier molecular flexibility index (Phi) is 4.45. The van der Waals surface area contributed by atoms with Crippen LogP contribution >= 0.6 is 0 Å². The summed E-state index contributed by atoms with van der Waals surface area (Å²) in [5.41, 5.74) is 0.990. The molecule has 20 heavy (non-hydrogen) atoms. The Morgan fingerprint density at radius 1 is 1.20 bits per heavy atom. The number of aryl methyl sites for hydroxylation is 1. The molecule has 1 heterocycles. The minimum Gasteiger partial charge on any atom is -0.343 e. The molecule has 0 aromatic heterocycles. The third kappa shape index (κ3) is 3.19. The van der Waals surface area contributed by atoms with Crippen LogP contribution in [0.4, 0.5) is 0 Å². The van der Waals surface area contributed by atoms with Crippen molar-refractivity contribution in [3.05, 3.63) is 35.9 Å². The highest BCUT2D eigenvalue weighted by molar-refractivity contribution is 7.89. The maximum atomic E-state index is 12.4. The van der Waals surface area contributed by atoms with Gasteiger partial charge in [0.05, 0.1) is 5.75 Å². The van der Waals surface area contributed by atoms with Crippen LogP contribution in [-0.4, -0.2) is 55.5 Å². The summed E-state index contributed by atoms with van der Waals surface area (Å²) in [5.74, 6) is -0.0993. The molecule has 110 valence electrons. The molecular formula is C14H20N2O3S. The fourth-order valence-electron chi connectivity index (χ4n) is 2.38. The molecule has 1 saturated heterocycles. The molecule has 0 spiro atoms. The van der Waals surface area contributed by atoms with E-state index in [0.717, 1.165) is 5.56 Å². The summed E-state index contributed by atoms with van der Waals surface area (Å²) in [5, 5.41) is 0. The second-order valence-electron chi connectivity index (χ2n) is 5.10. The summed E-state index contributed by atoms with van der Waals surface area (Å²) in [6.07, 6.45) is 0.469. The van der Waals surface area contributed by atoms with E-state index >= 15 is 0 Å². The maximum Gasteiger partial charge on any atom is 0.240 e. The molecule has 1 atom stereocenters. The Morgan fingerprint density at radius 3 is 2.50 bits per heavy atom. The number of likely N-dealkylation sites (N-methyl/N-ethyl adjacent to an activating group) is 1. The van der Waals surface area contributed by atoms with Crippen molar-refractivity contribution in [3.63, 3.8) is 0 Å². The van der Waals surface area contributed by atoms with Gasteiger partial charge in [0.2, 0.25) is 15.9 Å². The second-order valence-corrected chi connectivity index (χ2v) is 7.14. The molecule has 1 aliphatic heterocycles. The number of nitrogens with zero attached hydrogens (tertiary/aromatic N) is 2. The maximum absolute atomic E-state index is 12.4. The molecule has 6 heteroatoms. The van der Waals surface area contributed by atoms with E-state index in [0.29, 0.717) is 19.5 Å². The number of hydrogen-bond acceptors (Lipinski definition) is 3. The van der Waals surface area contributed by atoms with Gasteiger partial charge < -0.3 is 4.90 Å². The zero-order valence-electron chi connectivity index (χ0n) is 11.8. The van der Waals surface area contributed by atoms with Gasteiger partial charge in [-0.25, -0.2) is 8.42 Å². The molecule has 1 unspecified atom stereocenters. The van der Waals surface area contributed by atoms with Crippen LogP contribution < -0.4 is 0 Å². The third-order valence-electron chi connectivity index (χ3n) is 3.67. The summed E-state index contributed by atoms with van der Waals surface area (Å²) < 4.78 is 26.1. The van der Waals surface area contributed by atoms with Gasteiger partial charge in [0.15, 0.2) is 0 Å². The van der Waals surface area contributed by atoms with E-state index in [-0.39, 0.29) is 11.7 Å². The van der Waals surface area contributed by atoms with Gasteiger partial charge in [0.25, 0.3) is 0 Å². The van der Waals surface area contributed by atoms with Crippen LogP contribution in [0.5, 0.6) is 0 Å². The minimum absolute atomic E-state index is 0.0400. The fourth-order valence-corrected chi connectivity index (χ4v) is 4.04. The number of carbonyl (C=O) groups excluding carboxylic acids is 1. The Hall–Kier alpha value is -1.40. The monoisotopic (exact) mass is 296 g/mol. The van der Waals surface area contributed by atoms with Gasteiger partial charge in [-0.15, -0.1) is 0 Å². The molecular weight excluding hydrogens is 276 g/mol. The van der Waals surface area contributed by atoms with Crippen LogP contribution in [0.2, 0.25) is 0 Å². The number of sulfonamides is 1. The molecule has 2 rings (SSSR count). The molecule has 0 saturated carbocycles. The first-order chi connectivity index (χ1) is 9.42. The predicted molar refractivity (Wildman–Crippen MR) is 77.7 cm³/mol. The van der Waals surface area contributed by atoms with Crippen LogP contribution in [0.25, 0.3) is 0 Å². The first-order valence-corrected chi connectivity index (χ1v) is 8.31. The molecule has 0 radical (unpaired) electrons. The zero-order valence-corrected chi connectivity index (χ0v) is 12.6. The summed E-state index contributed by atoms with van der Waals surface area (Å²) in [6.45, 7) is 2.48. The molecule has 0 N–H and O–H groups in total. The summed E-state index contributed by atoms with van der Waals surface area (Å²) >= 11 is 0. The number of benzene rings is 1. The SMILES string of the molecule is CC1C(=O)N(C)CCN1S(=O)(=O)CCc1ccccc1. The van der Waals surface area contributed by atoms with Gasteiger partial charge in [-0.2, -0.15) is 4.31 Å². The van der Waals surface area contributed by atoms with Crippen LogP contribution in [0.3, 0.4) is 0 Å². The molecule has 0 bridgehead atoms. The van der Waals surface area contributed by atoms with Gasteiger partial charge in [-0.05, 0) is 18.9 Å². The molecule has 5 nitrogen and oxygen atoms in total. The third-order valence-corrected chi connectivity index (χ3v) is 5.60. The van der Waals surface area contributed by atoms with E-state index in [1.54, 1.807) is 18.9 Å². The Bertz CT molecular complexity index is 571. The lowest BCUT2D eigenvalue weighted by molar-refractivity contribution is -0.136. The number of amides is 1. The Labute approximate surface area is 120 Å². The topological polar surface area (TPSA) is 57.7 Å². The minimum atomic E-state index is -3.40. The summed E-state index contributed by atoms with van der Waals surface area (Å²) in [4.78, 5) is 13.5. The predicted octanol–water partition coefficient (Wildman–Crippen LogP) is 0.721. The van der Waals surface area contributed by atoms with Crippen molar-refractivity contribution in [1.29, 1.82) is 0 Å². The highest BCUT2D eigenvalue weighted by Crippen LogP contribution is 2.16. The number of carbonyl (C=O) groups is 1. The van der Waals surface area contributed by atoms with Gasteiger partial charge in [0, 0.05) is 20.1 Å². The highest BCUT2D eigenvalue weighted by atomic mass is 32.2. The van der Waals surface area contributed by atoms with E-state index in [9.17, 15) is 13.2 Å². The first kappa shape index (κ1) is 15.0. The van der Waals surface area contributed by atoms with Crippen molar-refractivity contribution in [3.8, 4) is 0 Å². The van der Waals surface area contributed by atoms with E-state index in [1.165, 1.54) is 4.31 Å². The largest absolute Gasteiger partial charge is 0.343 e. The molecule has 1 aliphatic rings. The first-order valence-electron chi connectivity index (χ1n) is 6.70. The van der Waals surface area contributed by atoms with Gasteiger partial charge >= 0.3 is 0 Å². The lowest BCUT2D eigenvalue weighted by Crippen LogP contribution is -2.56. The zero-order chi connectivity index (χ0) is 14.8. The Balaban J connectivity index is 2.05. The van der Waals surface area contributed by atoms with Gasteiger partial charge in [-0.3, -0.25) is 4.79 Å². The second kappa shape index (κ2) is 5.93. The lowest BCUT2D eigenvalue weighted by atomic mass is 10.2. The van der Waals surface area contributed by atoms with Crippen molar-refractivity contribution in [1.82, 2.24) is 9.21 Å². The summed E-state index contributed by atoms with van der Waals surface area (Å²) in [7, 11) is -1.70. The molecule has 1 fully saturated rings. The van der Waals surface area contributed by atoms with E-state index in [4.69, 9.17) is 0 Å². The van der Waals surface area contributed by atoms with Crippen molar-refractivity contribution in [2.75, 3.05) is 25.9 Å². The summed E-state index contributed by atoms with van der Waals surface area (Å²) in [6, 6.07) is 8.91. The van der Waals surface area contributed by atoms with Crippen LogP contribution in [0.1, 0.15) is 12.5 Å². The molecule has 0 aliphatic carbocycles.